The first-order chi connectivity index (χ1) is 14.7. The van der Waals surface area contributed by atoms with Crippen molar-refractivity contribution in [2.45, 2.75) is 39.0 Å². The van der Waals surface area contributed by atoms with Crippen LogP contribution < -0.4 is 4.74 Å². The van der Waals surface area contributed by atoms with Gasteiger partial charge in [-0.2, -0.15) is 0 Å². The van der Waals surface area contributed by atoms with Crippen LogP contribution in [0.15, 0.2) is 58.1 Å². The van der Waals surface area contributed by atoms with Crippen LogP contribution in [0.5, 0.6) is 5.75 Å². The summed E-state index contributed by atoms with van der Waals surface area (Å²) in [6, 6.07) is 15.0. The molecule has 0 atom stereocenters. The number of para-hydroxylation sites is 1. The monoisotopic (exact) mass is 409 g/mol. The minimum Gasteiger partial charge on any atom is -0.493 e. The molecule has 6 nitrogen and oxygen atoms in total. The molecule has 2 aromatic carbocycles. The summed E-state index contributed by atoms with van der Waals surface area (Å²) in [5.41, 5.74) is 2.60. The molecule has 0 saturated carbocycles. The highest BCUT2D eigenvalue weighted by Gasteiger charge is 2.11. The zero-order valence-corrected chi connectivity index (χ0v) is 17.2. The number of furan rings is 1. The lowest BCUT2D eigenvalue weighted by Crippen LogP contribution is -2.02. The van der Waals surface area contributed by atoms with Crippen molar-refractivity contribution in [1.29, 1.82) is 0 Å². The van der Waals surface area contributed by atoms with Gasteiger partial charge < -0.3 is 19.1 Å². The fourth-order valence-corrected chi connectivity index (χ4v) is 3.11. The lowest BCUT2D eigenvalue weighted by molar-refractivity contribution is -0.136. The number of hydrogen-bond acceptors (Lipinski definition) is 5. The number of fused-ring (bicyclic) bond motifs is 1. The summed E-state index contributed by atoms with van der Waals surface area (Å²) in [4.78, 5) is 16.1. The van der Waals surface area contributed by atoms with Gasteiger partial charge in [-0.15, -0.1) is 0 Å². The molecule has 0 aliphatic heterocycles. The summed E-state index contributed by atoms with van der Waals surface area (Å²) in [6.07, 6.45) is 5.48. The normalized spacial score (nSPS) is 11.2. The van der Waals surface area contributed by atoms with Crippen LogP contribution in [0.3, 0.4) is 0 Å². The molecule has 0 amide bonds. The van der Waals surface area contributed by atoms with Gasteiger partial charge in [0.25, 0.3) is 0 Å². The predicted octanol–water partition coefficient (Wildman–Crippen LogP) is 5.22. The van der Waals surface area contributed by atoms with Crippen LogP contribution in [0.1, 0.15) is 43.1 Å². The molecular weight excluding hydrogens is 382 g/mol. The standard InChI is InChI=1S/C24H27NO5/c1-2-3-8-23-21(20-7-4-5-9-22(20)30-23)17-25-29-15-6-14-28-19-12-10-18(11-13-19)16-24(26)27/h4-5,7,9-13,17H,2-3,6,8,14-16H2,1H3,(H,26,27). The topological polar surface area (TPSA) is 81.3 Å². The molecule has 0 fully saturated rings. The SMILES string of the molecule is CCCCc1oc2ccccc2c1C=NOCCCOc1ccc(CC(=O)O)cc1. The first-order valence-corrected chi connectivity index (χ1v) is 10.3. The number of aliphatic carboxylic acids is 1. The Hall–Kier alpha value is -3.28. The van der Waals surface area contributed by atoms with Crippen molar-refractivity contribution >= 4 is 23.2 Å². The molecule has 158 valence electrons. The van der Waals surface area contributed by atoms with Gasteiger partial charge in [0.15, 0.2) is 0 Å². The van der Waals surface area contributed by atoms with E-state index < -0.39 is 5.97 Å². The largest absolute Gasteiger partial charge is 0.493 e. The van der Waals surface area contributed by atoms with Gasteiger partial charge >= 0.3 is 5.97 Å². The molecule has 0 aliphatic rings. The summed E-state index contributed by atoms with van der Waals surface area (Å²) in [7, 11) is 0. The van der Waals surface area contributed by atoms with Gasteiger partial charge in [0.1, 0.15) is 23.7 Å². The van der Waals surface area contributed by atoms with E-state index in [1.165, 1.54) is 0 Å². The maximum Gasteiger partial charge on any atom is 0.307 e. The van der Waals surface area contributed by atoms with E-state index in [2.05, 4.69) is 12.1 Å². The molecule has 0 bridgehead atoms. The van der Waals surface area contributed by atoms with Crippen LogP contribution in [0.4, 0.5) is 0 Å². The highest BCUT2D eigenvalue weighted by atomic mass is 16.6. The van der Waals surface area contributed by atoms with E-state index in [1.807, 2.05) is 24.3 Å². The average molecular weight is 409 g/mol. The maximum absolute atomic E-state index is 10.7. The minimum atomic E-state index is -0.845. The molecule has 1 heterocycles. The van der Waals surface area contributed by atoms with Crippen molar-refractivity contribution in [3.63, 3.8) is 0 Å². The Morgan fingerprint density at radius 2 is 1.90 bits per heavy atom. The summed E-state index contributed by atoms with van der Waals surface area (Å²) >= 11 is 0. The smallest absolute Gasteiger partial charge is 0.307 e. The van der Waals surface area contributed by atoms with Gasteiger partial charge in [-0.3, -0.25) is 4.79 Å². The van der Waals surface area contributed by atoms with E-state index in [0.29, 0.717) is 25.4 Å². The number of ether oxygens (including phenoxy) is 1. The molecule has 1 aromatic heterocycles. The summed E-state index contributed by atoms with van der Waals surface area (Å²) < 4.78 is 11.6. The predicted molar refractivity (Wildman–Crippen MR) is 116 cm³/mol. The van der Waals surface area contributed by atoms with E-state index in [4.69, 9.17) is 19.1 Å². The third-order valence-corrected chi connectivity index (χ3v) is 4.65. The quantitative estimate of drug-likeness (QED) is 0.252. The highest BCUT2D eigenvalue weighted by Crippen LogP contribution is 2.25. The van der Waals surface area contributed by atoms with Crippen LogP contribution >= 0.6 is 0 Å². The fourth-order valence-electron chi connectivity index (χ4n) is 3.11. The molecule has 0 spiro atoms. The number of carbonyl (C=O) groups is 1. The third-order valence-electron chi connectivity index (χ3n) is 4.65. The Labute approximate surface area is 176 Å². The van der Waals surface area contributed by atoms with Crippen LogP contribution in [-0.2, 0) is 22.5 Å². The van der Waals surface area contributed by atoms with Crippen LogP contribution in [0.25, 0.3) is 11.0 Å². The number of carboxylic acid groups (broad SMARTS) is 1. The number of rotatable bonds is 12. The van der Waals surface area contributed by atoms with Crippen molar-refractivity contribution in [1.82, 2.24) is 0 Å². The number of nitrogens with zero attached hydrogens (tertiary/aromatic N) is 1. The number of aryl methyl sites for hydroxylation is 1. The van der Waals surface area contributed by atoms with Crippen molar-refractivity contribution < 1.29 is 23.9 Å². The fraction of sp³-hybridized carbons (Fsp3) is 0.333. The lowest BCUT2D eigenvalue weighted by atomic mass is 10.1. The van der Waals surface area contributed by atoms with Crippen molar-refractivity contribution in [2.24, 2.45) is 5.16 Å². The van der Waals surface area contributed by atoms with E-state index >= 15 is 0 Å². The van der Waals surface area contributed by atoms with Crippen LogP contribution in [0.2, 0.25) is 0 Å². The summed E-state index contributed by atoms with van der Waals surface area (Å²) in [5.74, 6) is 0.806. The van der Waals surface area contributed by atoms with E-state index in [0.717, 1.165) is 47.1 Å². The highest BCUT2D eigenvalue weighted by molar-refractivity contribution is 5.99. The van der Waals surface area contributed by atoms with E-state index in [-0.39, 0.29) is 6.42 Å². The molecule has 30 heavy (non-hydrogen) atoms. The Balaban J connectivity index is 1.45. The van der Waals surface area contributed by atoms with Crippen LogP contribution in [0, 0.1) is 0 Å². The van der Waals surface area contributed by atoms with Gasteiger partial charge in [0, 0.05) is 23.8 Å². The van der Waals surface area contributed by atoms with Crippen molar-refractivity contribution in [3.8, 4) is 5.75 Å². The summed E-state index contributed by atoms with van der Waals surface area (Å²) in [6.45, 7) is 3.09. The van der Waals surface area contributed by atoms with Gasteiger partial charge in [-0.25, -0.2) is 0 Å². The molecule has 0 radical (unpaired) electrons. The molecule has 3 rings (SSSR count). The van der Waals surface area contributed by atoms with Gasteiger partial charge in [-0.1, -0.05) is 48.8 Å². The molecule has 6 heteroatoms. The molecule has 0 aliphatic carbocycles. The Morgan fingerprint density at radius 3 is 2.67 bits per heavy atom. The zero-order chi connectivity index (χ0) is 21.2. The Morgan fingerprint density at radius 1 is 1.10 bits per heavy atom. The van der Waals surface area contributed by atoms with Gasteiger partial charge in [-0.05, 0) is 30.2 Å². The van der Waals surface area contributed by atoms with E-state index in [1.54, 1.807) is 30.5 Å². The number of unbranched alkanes of at least 4 members (excludes halogenated alkanes) is 1. The van der Waals surface area contributed by atoms with Crippen molar-refractivity contribution in [3.05, 3.63) is 65.4 Å². The number of carboxylic acids is 1. The average Bonchev–Trinajstić information content (AvgIpc) is 3.10. The zero-order valence-electron chi connectivity index (χ0n) is 17.2. The second kappa shape index (κ2) is 11.0. The second-order valence-corrected chi connectivity index (χ2v) is 7.02. The first kappa shape index (κ1) is 21.4. The maximum atomic E-state index is 10.7. The molecule has 0 saturated heterocycles. The number of hydrogen-bond donors (Lipinski definition) is 1. The van der Waals surface area contributed by atoms with Crippen LogP contribution in [-0.4, -0.2) is 30.5 Å². The van der Waals surface area contributed by atoms with E-state index in [9.17, 15) is 4.79 Å². The first-order valence-electron chi connectivity index (χ1n) is 10.3. The lowest BCUT2D eigenvalue weighted by Gasteiger charge is -2.06. The third kappa shape index (κ3) is 6.11. The summed E-state index contributed by atoms with van der Waals surface area (Å²) in [5, 5.41) is 14.0. The molecule has 1 N–H and O–H groups in total. The Kier molecular flexibility index (Phi) is 7.89. The van der Waals surface area contributed by atoms with Gasteiger partial charge in [0.2, 0.25) is 0 Å². The molecular formula is C24H27NO5. The Bertz CT molecular complexity index is 975. The second-order valence-electron chi connectivity index (χ2n) is 7.02. The molecule has 3 aromatic rings. The number of oxime groups is 1. The number of benzene rings is 2. The van der Waals surface area contributed by atoms with Gasteiger partial charge in [0.05, 0.1) is 19.2 Å². The molecule has 0 unspecified atom stereocenters. The minimum absolute atomic E-state index is 0.0121. The van der Waals surface area contributed by atoms with Crippen molar-refractivity contribution in [2.75, 3.05) is 13.2 Å².